The minimum Gasteiger partial charge on any atom is -0.399 e. The third-order valence-electron chi connectivity index (χ3n) is 4.20. The van der Waals surface area contributed by atoms with Crippen LogP contribution in [-0.4, -0.2) is 45.4 Å². The SMILES string of the molecule is CC1(C)OB(c2cncc(C(O)C(O)CS)c2)OC1(C)C. The molecule has 1 saturated heterocycles. The Balaban J connectivity index is 2.23. The number of aliphatic hydroxyl groups is 2. The van der Waals surface area contributed by atoms with Crippen molar-refractivity contribution in [2.75, 3.05) is 5.75 Å². The van der Waals surface area contributed by atoms with Gasteiger partial charge >= 0.3 is 7.12 Å². The summed E-state index contributed by atoms with van der Waals surface area (Å²) in [5.74, 6) is 0.169. The van der Waals surface area contributed by atoms with Gasteiger partial charge in [-0.25, -0.2) is 0 Å². The normalized spacial score (nSPS) is 23.1. The third kappa shape index (κ3) is 3.27. The molecule has 0 aliphatic carbocycles. The van der Waals surface area contributed by atoms with Gasteiger partial charge in [-0.2, -0.15) is 12.6 Å². The summed E-state index contributed by atoms with van der Waals surface area (Å²) in [5.41, 5.74) is 0.369. The van der Waals surface area contributed by atoms with Crippen molar-refractivity contribution in [3.05, 3.63) is 24.0 Å². The molecule has 0 aromatic carbocycles. The Morgan fingerprint density at radius 3 is 2.29 bits per heavy atom. The van der Waals surface area contributed by atoms with Crippen molar-refractivity contribution < 1.29 is 19.5 Å². The van der Waals surface area contributed by atoms with Crippen LogP contribution in [0.15, 0.2) is 18.5 Å². The maximum atomic E-state index is 10.0. The molecule has 2 atom stereocenters. The average Bonchev–Trinajstić information content (AvgIpc) is 2.66. The molecule has 5 nitrogen and oxygen atoms in total. The fraction of sp³-hybridized carbons (Fsp3) is 0.643. The minimum atomic E-state index is -1.03. The maximum Gasteiger partial charge on any atom is 0.496 e. The third-order valence-corrected chi connectivity index (χ3v) is 4.57. The van der Waals surface area contributed by atoms with Crippen LogP contribution in [0.4, 0.5) is 0 Å². The van der Waals surface area contributed by atoms with E-state index in [0.29, 0.717) is 5.56 Å². The lowest BCUT2D eigenvalue weighted by Gasteiger charge is -2.32. The van der Waals surface area contributed by atoms with E-state index in [9.17, 15) is 10.2 Å². The summed E-state index contributed by atoms with van der Waals surface area (Å²) < 4.78 is 11.9. The minimum absolute atomic E-state index is 0.169. The highest BCUT2D eigenvalue weighted by Crippen LogP contribution is 2.36. The summed E-state index contributed by atoms with van der Waals surface area (Å²) in [7, 11) is -0.539. The Bertz CT molecular complexity index is 496. The Labute approximate surface area is 131 Å². The summed E-state index contributed by atoms with van der Waals surface area (Å²) in [6.07, 6.45) is 1.19. The quantitative estimate of drug-likeness (QED) is 0.564. The Morgan fingerprint density at radius 2 is 1.76 bits per heavy atom. The van der Waals surface area contributed by atoms with Gasteiger partial charge in [0.2, 0.25) is 0 Å². The van der Waals surface area contributed by atoms with Gasteiger partial charge in [-0.3, -0.25) is 4.98 Å². The lowest BCUT2D eigenvalue weighted by atomic mass is 9.79. The average molecular weight is 311 g/mol. The Hall–Kier alpha value is -0.595. The van der Waals surface area contributed by atoms with Crippen molar-refractivity contribution in [2.24, 2.45) is 0 Å². The highest BCUT2D eigenvalue weighted by Gasteiger charge is 2.51. The molecule has 1 aliphatic heterocycles. The highest BCUT2D eigenvalue weighted by atomic mass is 32.1. The van der Waals surface area contributed by atoms with Gasteiger partial charge in [-0.15, -0.1) is 0 Å². The zero-order valence-corrected chi connectivity index (χ0v) is 13.7. The fourth-order valence-electron chi connectivity index (χ4n) is 2.07. The molecule has 2 rings (SSSR count). The van der Waals surface area contributed by atoms with Gasteiger partial charge in [0, 0.05) is 29.2 Å². The molecule has 1 aromatic heterocycles. The fourth-order valence-corrected chi connectivity index (χ4v) is 2.27. The lowest BCUT2D eigenvalue weighted by molar-refractivity contribution is 0.00578. The van der Waals surface area contributed by atoms with Crippen LogP contribution >= 0.6 is 12.6 Å². The molecule has 21 heavy (non-hydrogen) atoms. The first-order valence-electron chi connectivity index (χ1n) is 6.95. The highest BCUT2D eigenvalue weighted by molar-refractivity contribution is 7.80. The molecule has 7 heteroatoms. The van der Waals surface area contributed by atoms with E-state index in [2.05, 4.69) is 17.6 Å². The summed E-state index contributed by atoms with van der Waals surface area (Å²) in [6, 6.07) is 1.74. The maximum absolute atomic E-state index is 10.0. The van der Waals surface area contributed by atoms with Crippen LogP contribution in [0.1, 0.15) is 39.4 Å². The molecule has 2 unspecified atom stereocenters. The van der Waals surface area contributed by atoms with Crippen molar-refractivity contribution in [1.82, 2.24) is 4.98 Å². The molecule has 0 bridgehead atoms. The second kappa shape index (κ2) is 5.89. The number of nitrogens with zero attached hydrogens (tertiary/aromatic N) is 1. The molecule has 0 spiro atoms. The van der Waals surface area contributed by atoms with Gasteiger partial charge in [-0.05, 0) is 27.7 Å². The molecule has 0 radical (unpaired) electrons. The molecule has 1 aromatic rings. The topological polar surface area (TPSA) is 71.8 Å². The van der Waals surface area contributed by atoms with Gasteiger partial charge in [0.05, 0.1) is 17.3 Å². The standard InChI is InChI=1S/C14H22BNO4S/c1-13(2)14(3,4)20-15(19-13)10-5-9(6-16-7-10)12(18)11(17)8-21/h5-7,11-12,17-18,21H,8H2,1-4H3. The van der Waals surface area contributed by atoms with Crippen molar-refractivity contribution >= 4 is 25.2 Å². The van der Waals surface area contributed by atoms with Crippen LogP contribution in [0.5, 0.6) is 0 Å². The number of aromatic nitrogens is 1. The summed E-state index contributed by atoms with van der Waals surface area (Å²) in [6.45, 7) is 7.90. The summed E-state index contributed by atoms with van der Waals surface area (Å²) >= 11 is 3.98. The first kappa shape index (κ1) is 16.8. The Kier molecular flexibility index (Phi) is 4.70. The first-order chi connectivity index (χ1) is 9.68. The molecule has 116 valence electrons. The molecule has 2 N–H and O–H groups in total. The molecular weight excluding hydrogens is 289 g/mol. The largest absolute Gasteiger partial charge is 0.496 e. The monoisotopic (exact) mass is 311 g/mol. The zero-order valence-electron chi connectivity index (χ0n) is 12.8. The van der Waals surface area contributed by atoms with Gasteiger partial charge in [0.25, 0.3) is 0 Å². The van der Waals surface area contributed by atoms with E-state index in [1.807, 2.05) is 27.7 Å². The number of hydrogen-bond donors (Lipinski definition) is 3. The van der Waals surface area contributed by atoms with Gasteiger partial charge < -0.3 is 19.5 Å². The smallest absolute Gasteiger partial charge is 0.399 e. The molecule has 0 amide bonds. The van der Waals surface area contributed by atoms with Crippen LogP contribution in [0.25, 0.3) is 0 Å². The lowest BCUT2D eigenvalue weighted by Crippen LogP contribution is -2.41. The van der Waals surface area contributed by atoms with Crippen LogP contribution in [0, 0.1) is 0 Å². The number of rotatable bonds is 4. The van der Waals surface area contributed by atoms with E-state index in [-0.39, 0.29) is 5.75 Å². The van der Waals surface area contributed by atoms with E-state index in [1.54, 1.807) is 12.3 Å². The Morgan fingerprint density at radius 1 is 1.19 bits per heavy atom. The summed E-state index contributed by atoms with van der Waals surface area (Å²) in [5, 5.41) is 19.7. The van der Waals surface area contributed by atoms with Gasteiger partial charge in [-0.1, -0.05) is 6.07 Å². The van der Waals surface area contributed by atoms with E-state index < -0.39 is 30.5 Å². The van der Waals surface area contributed by atoms with Crippen molar-refractivity contribution in [3.63, 3.8) is 0 Å². The van der Waals surface area contributed by atoms with E-state index in [0.717, 1.165) is 5.46 Å². The number of thiol groups is 1. The molecule has 1 aliphatic rings. The van der Waals surface area contributed by atoms with Gasteiger partial charge in [0.15, 0.2) is 0 Å². The number of hydrogen-bond acceptors (Lipinski definition) is 6. The van der Waals surface area contributed by atoms with Crippen LogP contribution in [0.2, 0.25) is 0 Å². The van der Waals surface area contributed by atoms with E-state index in [4.69, 9.17) is 9.31 Å². The number of pyridine rings is 1. The predicted molar refractivity (Wildman–Crippen MR) is 84.8 cm³/mol. The second-order valence-corrected chi connectivity index (χ2v) is 6.70. The zero-order chi connectivity index (χ0) is 15.8. The second-order valence-electron chi connectivity index (χ2n) is 6.33. The van der Waals surface area contributed by atoms with Crippen molar-refractivity contribution in [2.45, 2.75) is 51.1 Å². The van der Waals surface area contributed by atoms with Crippen LogP contribution in [0.3, 0.4) is 0 Å². The molecule has 1 fully saturated rings. The number of aliphatic hydroxyl groups excluding tert-OH is 2. The van der Waals surface area contributed by atoms with E-state index in [1.165, 1.54) is 6.20 Å². The van der Waals surface area contributed by atoms with E-state index >= 15 is 0 Å². The molecular formula is C14H22BNO4S. The first-order valence-corrected chi connectivity index (χ1v) is 7.58. The van der Waals surface area contributed by atoms with Crippen LogP contribution < -0.4 is 5.46 Å². The van der Waals surface area contributed by atoms with Crippen molar-refractivity contribution in [1.29, 1.82) is 0 Å². The van der Waals surface area contributed by atoms with Crippen LogP contribution in [-0.2, 0) is 9.31 Å². The summed E-state index contributed by atoms with van der Waals surface area (Å²) in [4.78, 5) is 4.11. The molecule has 0 saturated carbocycles. The van der Waals surface area contributed by atoms with Crippen molar-refractivity contribution in [3.8, 4) is 0 Å². The van der Waals surface area contributed by atoms with Gasteiger partial charge in [0.1, 0.15) is 6.10 Å². The molecule has 2 heterocycles. The predicted octanol–water partition coefficient (Wildman–Crippen LogP) is 0.705.